The first kappa shape index (κ1) is 11.3. The monoisotopic (exact) mass is 232 g/mol. The number of nitrogens with zero attached hydrogens (tertiary/aromatic N) is 2. The fraction of sp³-hybridized carbons (Fsp3) is 0.167. The van der Waals surface area contributed by atoms with Crippen LogP contribution in [0.3, 0.4) is 0 Å². The Kier molecular flexibility index (Phi) is 2.91. The second-order valence-electron chi connectivity index (χ2n) is 3.90. The Morgan fingerprint density at radius 1 is 1.12 bits per heavy atom. The van der Waals surface area contributed by atoms with Gasteiger partial charge < -0.3 is 11.1 Å². The molecule has 0 aliphatic carbocycles. The zero-order valence-electron chi connectivity index (χ0n) is 9.66. The van der Waals surface area contributed by atoms with Crippen LogP contribution >= 0.6 is 0 Å². The minimum atomic E-state index is -0.286. The molecule has 0 amide bonds. The Balaban J connectivity index is 2.31. The van der Waals surface area contributed by atoms with Crippen LogP contribution in [0.5, 0.6) is 0 Å². The first-order chi connectivity index (χ1) is 8.02. The van der Waals surface area contributed by atoms with Crippen LogP contribution in [0, 0.1) is 19.7 Å². The summed E-state index contributed by atoms with van der Waals surface area (Å²) in [5.74, 6) is 0.465. The van der Waals surface area contributed by atoms with Crippen molar-refractivity contribution in [1.82, 2.24) is 9.97 Å². The van der Waals surface area contributed by atoms with Gasteiger partial charge in [0.05, 0.1) is 0 Å². The summed E-state index contributed by atoms with van der Waals surface area (Å²) in [6.07, 6.45) is 0. The summed E-state index contributed by atoms with van der Waals surface area (Å²) in [4.78, 5) is 7.99. The summed E-state index contributed by atoms with van der Waals surface area (Å²) in [5, 5.41) is 3.00. The van der Waals surface area contributed by atoms with Crippen molar-refractivity contribution in [2.45, 2.75) is 13.8 Å². The van der Waals surface area contributed by atoms with Crippen molar-refractivity contribution < 1.29 is 4.39 Å². The third kappa shape index (κ3) is 2.90. The van der Waals surface area contributed by atoms with E-state index in [1.54, 1.807) is 6.07 Å². The molecule has 1 aromatic heterocycles. The lowest BCUT2D eigenvalue weighted by Gasteiger charge is -2.07. The molecule has 0 spiro atoms. The van der Waals surface area contributed by atoms with Crippen molar-refractivity contribution in [1.29, 1.82) is 0 Å². The first-order valence-electron chi connectivity index (χ1n) is 5.18. The molecule has 0 bridgehead atoms. The molecule has 0 atom stereocenters. The highest BCUT2D eigenvalue weighted by Crippen LogP contribution is 2.18. The molecule has 0 saturated heterocycles. The average molecular weight is 232 g/mol. The predicted molar refractivity (Wildman–Crippen MR) is 65.6 cm³/mol. The quantitative estimate of drug-likeness (QED) is 0.835. The summed E-state index contributed by atoms with van der Waals surface area (Å²) in [6, 6.07) is 6.44. The van der Waals surface area contributed by atoms with E-state index in [1.807, 2.05) is 19.9 Å². The molecule has 0 fully saturated rings. The molecule has 17 heavy (non-hydrogen) atoms. The number of aryl methyl sites for hydroxylation is 2. The van der Waals surface area contributed by atoms with Crippen molar-refractivity contribution >= 4 is 17.5 Å². The van der Waals surface area contributed by atoms with E-state index < -0.39 is 0 Å². The smallest absolute Gasteiger partial charge is 0.222 e. The molecule has 88 valence electrons. The molecule has 0 aliphatic rings. The van der Waals surface area contributed by atoms with Crippen molar-refractivity contribution in [2.24, 2.45) is 0 Å². The Bertz CT molecular complexity index is 464. The average Bonchev–Trinajstić information content (AvgIpc) is 2.13. The van der Waals surface area contributed by atoms with Gasteiger partial charge >= 0.3 is 0 Å². The molecule has 0 saturated carbocycles. The van der Waals surface area contributed by atoms with E-state index in [9.17, 15) is 4.39 Å². The molecule has 3 N–H and O–H groups in total. The number of hydrogen-bond acceptors (Lipinski definition) is 4. The maximum atomic E-state index is 13.2. The molecular weight excluding hydrogens is 219 g/mol. The van der Waals surface area contributed by atoms with Crippen molar-refractivity contribution in [2.75, 3.05) is 11.1 Å². The van der Waals surface area contributed by atoms with Crippen molar-refractivity contribution in [3.8, 4) is 0 Å². The summed E-state index contributed by atoms with van der Waals surface area (Å²) in [6.45, 7) is 3.65. The SMILES string of the molecule is Cc1cc(F)cc(Nc2cc(C)nc(N)n2)c1. The van der Waals surface area contributed by atoms with Crippen LogP contribution in [0.4, 0.5) is 21.8 Å². The van der Waals surface area contributed by atoms with Crippen LogP contribution in [0.15, 0.2) is 24.3 Å². The van der Waals surface area contributed by atoms with Crippen LogP contribution in [-0.4, -0.2) is 9.97 Å². The van der Waals surface area contributed by atoms with Gasteiger partial charge in [0.15, 0.2) is 0 Å². The van der Waals surface area contributed by atoms with Gasteiger partial charge in [0, 0.05) is 17.4 Å². The maximum absolute atomic E-state index is 13.2. The zero-order chi connectivity index (χ0) is 12.4. The minimum Gasteiger partial charge on any atom is -0.368 e. The molecule has 0 radical (unpaired) electrons. The van der Waals surface area contributed by atoms with Gasteiger partial charge in [0.2, 0.25) is 5.95 Å². The maximum Gasteiger partial charge on any atom is 0.222 e. The van der Waals surface area contributed by atoms with Gasteiger partial charge in [-0.25, -0.2) is 9.37 Å². The standard InChI is InChI=1S/C12H13FN4/c1-7-3-9(13)6-10(4-7)16-11-5-8(2)15-12(14)17-11/h3-6H,1-2H3,(H3,14,15,16,17). The Hall–Kier alpha value is -2.17. The fourth-order valence-corrected chi connectivity index (χ4v) is 1.61. The topological polar surface area (TPSA) is 63.8 Å². The number of benzene rings is 1. The highest BCUT2D eigenvalue weighted by Gasteiger charge is 2.02. The second kappa shape index (κ2) is 4.37. The van der Waals surface area contributed by atoms with Crippen molar-refractivity contribution in [3.63, 3.8) is 0 Å². The Labute approximate surface area is 98.7 Å². The Morgan fingerprint density at radius 3 is 2.53 bits per heavy atom. The van der Waals surface area contributed by atoms with Crippen LogP contribution in [0.1, 0.15) is 11.3 Å². The number of anilines is 3. The van der Waals surface area contributed by atoms with Crippen LogP contribution in [0.2, 0.25) is 0 Å². The molecule has 4 nitrogen and oxygen atoms in total. The number of hydrogen-bond donors (Lipinski definition) is 2. The summed E-state index contributed by atoms with van der Waals surface area (Å²) in [5.41, 5.74) is 7.77. The molecule has 2 rings (SSSR count). The Morgan fingerprint density at radius 2 is 1.88 bits per heavy atom. The molecule has 0 aliphatic heterocycles. The van der Waals surface area contributed by atoms with E-state index in [0.29, 0.717) is 11.5 Å². The number of aromatic nitrogens is 2. The predicted octanol–water partition coefficient (Wildman–Crippen LogP) is 2.56. The number of nitrogens with one attached hydrogen (secondary N) is 1. The molecule has 5 heteroatoms. The fourth-order valence-electron chi connectivity index (χ4n) is 1.61. The molecule has 0 unspecified atom stereocenters. The number of halogens is 1. The second-order valence-corrected chi connectivity index (χ2v) is 3.90. The van der Waals surface area contributed by atoms with E-state index in [2.05, 4.69) is 15.3 Å². The van der Waals surface area contributed by atoms with Gasteiger partial charge in [0.25, 0.3) is 0 Å². The van der Waals surface area contributed by atoms with E-state index in [4.69, 9.17) is 5.73 Å². The lowest BCUT2D eigenvalue weighted by Crippen LogP contribution is -2.01. The number of nitrogen functional groups attached to an aromatic ring is 1. The first-order valence-corrected chi connectivity index (χ1v) is 5.18. The van der Waals surface area contributed by atoms with Gasteiger partial charge in [-0.15, -0.1) is 0 Å². The molecular formula is C12H13FN4. The summed E-state index contributed by atoms with van der Waals surface area (Å²) < 4.78 is 13.2. The van der Waals surface area contributed by atoms with Crippen LogP contribution < -0.4 is 11.1 Å². The van der Waals surface area contributed by atoms with Crippen LogP contribution in [-0.2, 0) is 0 Å². The third-order valence-electron chi connectivity index (χ3n) is 2.19. The van der Waals surface area contributed by atoms with Crippen LogP contribution in [0.25, 0.3) is 0 Å². The summed E-state index contributed by atoms with van der Waals surface area (Å²) in [7, 11) is 0. The summed E-state index contributed by atoms with van der Waals surface area (Å²) >= 11 is 0. The van der Waals surface area contributed by atoms with Gasteiger partial charge in [-0.3, -0.25) is 0 Å². The van der Waals surface area contributed by atoms with Gasteiger partial charge in [-0.1, -0.05) is 0 Å². The van der Waals surface area contributed by atoms with E-state index in [1.165, 1.54) is 12.1 Å². The molecule has 1 aromatic carbocycles. The third-order valence-corrected chi connectivity index (χ3v) is 2.19. The van der Waals surface area contributed by atoms with E-state index >= 15 is 0 Å². The molecule has 1 heterocycles. The van der Waals surface area contributed by atoms with E-state index in [0.717, 1.165) is 11.3 Å². The molecule has 2 aromatic rings. The number of rotatable bonds is 2. The zero-order valence-corrected chi connectivity index (χ0v) is 9.66. The minimum absolute atomic E-state index is 0.195. The highest BCUT2D eigenvalue weighted by atomic mass is 19.1. The normalized spacial score (nSPS) is 10.3. The lowest BCUT2D eigenvalue weighted by molar-refractivity contribution is 0.627. The largest absolute Gasteiger partial charge is 0.368 e. The van der Waals surface area contributed by atoms with E-state index in [-0.39, 0.29) is 11.8 Å². The van der Waals surface area contributed by atoms with Gasteiger partial charge in [-0.2, -0.15) is 4.98 Å². The highest BCUT2D eigenvalue weighted by molar-refractivity contribution is 5.58. The number of nitrogens with two attached hydrogens (primary N) is 1. The lowest BCUT2D eigenvalue weighted by atomic mass is 10.2. The van der Waals surface area contributed by atoms with Gasteiger partial charge in [-0.05, 0) is 37.6 Å². The van der Waals surface area contributed by atoms with Crippen molar-refractivity contribution in [3.05, 3.63) is 41.3 Å². The van der Waals surface area contributed by atoms with Gasteiger partial charge in [0.1, 0.15) is 11.6 Å².